The third-order valence-electron chi connectivity index (χ3n) is 1.79. The maximum atomic E-state index is 11.3. The molecule has 13 heavy (non-hydrogen) atoms. The normalized spacial score (nSPS) is 12.0. The van der Waals surface area contributed by atoms with Crippen LogP contribution in [0.1, 0.15) is 13.3 Å². The van der Waals surface area contributed by atoms with Crippen LogP contribution in [0.4, 0.5) is 0 Å². The molecule has 1 unspecified atom stereocenters. The van der Waals surface area contributed by atoms with Gasteiger partial charge in [-0.25, -0.2) is 0 Å². The SMILES string of the molecule is CCC(N)C(=O)N(C)CC(=O)NC. The summed E-state index contributed by atoms with van der Waals surface area (Å²) in [7, 11) is 3.09. The highest BCUT2D eigenvalue weighted by Gasteiger charge is 2.17. The van der Waals surface area contributed by atoms with E-state index in [4.69, 9.17) is 5.73 Å². The van der Waals surface area contributed by atoms with Crippen molar-refractivity contribution in [1.82, 2.24) is 10.2 Å². The number of hydrogen-bond acceptors (Lipinski definition) is 3. The number of amides is 2. The molecule has 0 aliphatic carbocycles. The fourth-order valence-electron chi connectivity index (χ4n) is 0.830. The highest BCUT2D eigenvalue weighted by atomic mass is 16.2. The van der Waals surface area contributed by atoms with Crippen molar-refractivity contribution >= 4 is 11.8 Å². The second kappa shape index (κ2) is 5.53. The largest absolute Gasteiger partial charge is 0.358 e. The van der Waals surface area contributed by atoms with Crippen LogP contribution in [-0.4, -0.2) is 43.4 Å². The number of likely N-dealkylation sites (N-methyl/N-ethyl adjacent to an activating group) is 2. The predicted molar refractivity (Wildman–Crippen MR) is 50.0 cm³/mol. The van der Waals surface area contributed by atoms with Crippen LogP contribution in [0.2, 0.25) is 0 Å². The van der Waals surface area contributed by atoms with E-state index >= 15 is 0 Å². The minimum atomic E-state index is -0.505. The number of carbonyl (C=O) groups is 2. The monoisotopic (exact) mass is 187 g/mol. The number of hydrogen-bond donors (Lipinski definition) is 2. The summed E-state index contributed by atoms with van der Waals surface area (Å²) in [6, 6.07) is -0.505. The van der Waals surface area contributed by atoms with Gasteiger partial charge >= 0.3 is 0 Å². The summed E-state index contributed by atoms with van der Waals surface area (Å²) in [6.07, 6.45) is 0.580. The Morgan fingerprint density at radius 2 is 2.08 bits per heavy atom. The first-order valence-electron chi connectivity index (χ1n) is 4.24. The molecule has 0 spiro atoms. The number of carbonyl (C=O) groups excluding carboxylic acids is 2. The summed E-state index contributed by atoms with van der Waals surface area (Å²) in [5.41, 5.74) is 5.51. The van der Waals surface area contributed by atoms with Crippen LogP contribution in [0.15, 0.2) is 0 Å². The molecular formula is C8H17N3O2. The van der Waals surface area contributed by atoms with Gasteiger partial charge in [0.25, 0.3) is 0 Å². The van der Waals surface area contributed by atoms with E-state index in [9.17, 15) is 9.59 Å². The molecule has 5 heteroatoms. The van der Waals surface area contributed by atoms with Crippen molar-refractivity contribution in [3.63, 3.8) is 0 Å². The van der Waals surface area contributed by atoms with Crippen LogP contribution in [0.25, 0.3) is 0 Å². The Morgan fingerprint density at radius 1 is 1.54 bits per heavy atom. The standard InChI is InChI=1S/C8H17N3O2/c1-4-6(9)8(13)11(3)5-7(12)10-2/h6H,4-5,9H2,1-3H3,(H,10,12). The Morgan fingerprint density at radius 3 is 2.46 bits per heavy atom. The van der Waals surface area contributed by atoms with Gasteiger partial charge in [0, 0.05) is 14.1 Å². The molecule has 0 heterocycles. The van der Waals surface area contributed by atoms with E-state index < -0.39 is 6.04 Å². The van der Waals surface area contributed by atoms with E-state index in [1.807, 2.05) is 6.92 Å². The maximum Gasteiger partial charge on any atom is 0.239 e. The number of nitrogens with one attached hydrogen (secondary N) is 1. The van der Waals surface area contributed by atoms with Crippen molar-refractivity contribution in [2.24, 2.45) is 5.73 Å². The lowest BCUT2D eigenvalue weighted by Gasteiger charge is -2.19. The molecule has 0 aliphatic heterocycles. The van der Waals surface area contributed by atoms with Gasteiger partial charge in [-0.05, 0) is 6.42 Å². The molecule has 0 aliphatic rings. The molecule has 0 aromatic carbocycles. The molecule has 0 saturated heterocycles. The van der Waals surface area contributed by atoms with E-state index in [1.165, 1.54) is 11.9 Å². The summed E-state index contributed by atoms with van der Waals surface area (Å²) >= 11 is 0. The first kappa shape index (κ1) is 11.9. The molecule has 3 N–H and O–H groups in total. The Balaban J connectivity index is 4.03. The van der Waals surface area contributed by atoms with Crippen LogP contribution in [0.5, 0.6) is 0 Å². The highest BCUT2D eigenvalue weighted by Crippen LogP contribution is 1.93. The van der Waals surface area contributed by atoms with Crippen LogP contribution < -0.4 is 11.1 Å². The Kier molecular flexibility index (Phi) is 5.06. The molecular weight excluding hydrogens is 170 g/mol. The number of rotatable bonds is 4. The average molecular weight is 187 g/mol. The second-order valence-corrected chi connectivity index (χ2v) is 2.88. The van der Waals surface area contributed by atoms with Crippen molar-refractivity contribution in [1.29, 1.82) is 0 Å². The first-order chi connectivity index (χ1) is 6.02. The zero-order chi connectivity index (χ0) is 10.4. The zero-order valence-corrected chi connectivity index (χ0v) is 8.33. The average Bonchev–Trinajstić information content (AvgIpc) is 2.14. The van der Waals surface area contributed by atoms with E-state index in [-0.39, 0.29) is 18.4 Å². The smallest absolute Gasteiger partial charge is 0.239 e. The summed E-state index contributed by atoms with van der Waals surface area (Å²) in [5, 5.41) is 2.43. The van der Waals surface area contributed by atoms with Crippen LogP contribution >= 0.6 is 0 Å². The maximum absolute atomic E-state index is 11.3. The van der Waals surface area contributed by atoms with Gasteiger partial charge < -0.3 is 16.0 Å². The topological polar surface area (TPSA) is 75.4 Å². The fraction of sp³-hybridized carbons (Fsp3) is 0.750. The van der Waals surface area contributed by atoms with Gasteiger partial charge in [-0.3, -0.25) is 9.59 Å². The van der Waals surface area contributed by atoms with Crippen molar-refractivity contribution < 1.29 is 9.59 Å². The van der Waals surface area contributed by atoms with Gasteiger partial charge in [0.1, 0.15) is 0 Å². The third kappa shape index (κ3) is 3.89. The van der Waals surface area contributed by atoms with E-state index in [2.05, 4.69) is 5.32 Å². The molecule has 2 amide bonds. The van der Waals surface area contributed by atoms with Crippen molar-refractivity contribution in [2.75, 3.05) is 20.6 Å². The lowest BCUT2D eigenvalue weighted by Crippen LogP contribution is -2.45. The summed E-state index contributed by atoms with van der Waals surface area (Å²) in [5.74, 6) is -0.398. The fourth-order valence-corrected chi connectivity index (χ4v) is 0.830. The molecule has 0 aromatic heterocycles. The molecule has 5 nitrogen and oxygen atoms in total. The lowest BCUT2D eigenvalue weighted by atomic mass is 10.2. The Labute approximate surface area is 78.3 Å². The van der Waals surface area contributed by atoms with Gasteiger partial charge in [-0.1, -0.05) is 6.92 Å². The van der Waals surface area contributed by atoms with E-state index in [0.717, 1.165) is 0 Å². The molecule has 0 fully saturated rings. The van der Waals surface area contributed by atoms with Gasteiger partial charge in [0.2, 0.25) is 11.8 Å². The summed E-state index contributed by atoms with van der Waals surface area (Å²) in [4.78, 5) is 23.6. The molecule has 76 valence electrons. The predicted octanol–water partition coefficient (Wildman–Crippen LogP) is -1.07. The van der Waals surface area contributed by atoms with E-state index in [1.54, 1.807) is 7.05 Å². The van der Waals surface area contributed by atoms with Crippen LogP contribution in [-0.2, 0) is 9.59 Å². The molecule has 0 aromatic rings. The number of nitrogens with zero attached hydrogens (tertiary/aromatic N) is 1. The van der Waals surface area contributed by atoms with Gasteiger partial charge in [0.15, 0.2) is 0 Å². The van der Waals surface area contributed by atoms with Crippen molar-refractivity contribution in [3.8, 4) is 0 Å². The minimum absolute atomic E-state index is 0.0586. The summed E-state index contributed by atoms with van der Waals surface area (Å²) in [6.45, 7) is 1.89. The minimum Gasteiger partial charge on any atom is -0.358 e. The first-order valence-corrected chi connectivity index (χ1v) is 4.24. The lowest BCUT2D eigenvalue weighted by molar-refractivity contribution is -0.135. The Bertz CT molecular complexity index is 194. The molecule has 0 saturated carbocycles. The zero-order valence-electron chi connectivity index (χ0n) is 8.33. The molecule has 1 atom stereocenters. The van der Waals surface area contributed by atoms with E-state index in [0.29, 0.717) is 6.42 Å². The van der Waals surface area contributed by atoms with Crippen LogP contribution in [0.3, 0.4) is 0 Å². The van der Waals surface area contributed by atoms with Gasteiger partial charge in [-0.15, -0.1) is 0 Å². The molecule has 0 bridgehead atoms. The van der Waals surface area contributed by atoms with Gasteiger partial charge in [0.05, 0.1) is 12.6 Å². The third-order valence-corrected chi connectivity index (χ3v) is 1.79. The summed E-state index contributed by atoms with van der Waals surface area (Å²) < 4.78 is 0. The molecule has 0 rings (SSSR count). The quantitative estimate of drug-likeness (QED) is 0.588. The van der Waals surface area contributed by atoms with Crippen molar-refractivity contribution in [3.05, 3.63) is 0 Å². The van der Waals surface area contributed by atoms with Gasteiger partial charge in [-0.2, -0.15) is 0 Å². The Hall–Kier alpha value is -1.10. The highest BCUT2D eigenvalue weighted by molar-refractivity contribution is 5.86. The second-order valence-electron chi connectivity index (χ2n) is 2.88. The van der Waals surface area contributed by atoms with Crippen LogP contribution in [0, 0.1) is 0 Å². The number of nitrogens with two attached hydrogens (primary N) is 1. The molecule has 0 radical (unpaired) electrons. The van der Waals surface area contributed by atoms with Crippen molar-refractivity contribution in [2.45, 2.75) is 19.4 Å².